The summed E-state index contributed by atoms with van der Waals surface area (Å²) < 4.78 is 4.89. The molecule has 4 nitrogen and oxygen atoms in total. The molecule has 0 radical (unpaired) electrons. The molecule has 1 aromatic heterocycles. The third-order valence-electron chi connectivity index (χ3n) is 3.67. The Hall–Kier alpha value is -2.10. The summed E-state index contributed by atoms with van der Waals surface area (Å²) in [6, 6.07) is 12.2. The van der Waals surface area contributed by atoms with Crippen LogP contribution in [0.5, 0.6) is 0 Å². The maximum atomic E-state index is 10.7. The van der Waals surface area contributed by atoms with Gasteiger partial charge in [0.25, 0.3) is 0 Å². The molecular formula is C17H22N2O2. The van der Waals surface area contributed by atoms with E-state index in [0.717, 1.165) is 16.6 Å². The van der Waals surface area contributed by atoms with Gasteiger partial charge >= 0.3 is 6.09 Å². The summed E-state index contributed by atoms with van der Waals surface area (Å²) in [5.74, 6) is 0.196. The minimum Gasteiger partial charge on any atom is -0.450 e. The maximum Gasteiger partial charge on any atom is 0.404 e. The van der Waals surface area contributed by atoms with Gasteiger partial charge in [0.2, 0.25) is 0 Å². The maximum absolute atomic E-state index is 10.7. The smallest absolute Gasteiger partial charge is 0.404 e. The molecule has 2 aromatic rings. The van der Waals surface area contributed by atoms with Gasteiger partial charge in [-0.3, -0.25) is 4.98 Å². The van der Waals surface area contributed by atoms with Gasteiger partial charge in [0.15, 0.2) is 0 Å². The fraction of sp³-hybridized carbons (Fsp3) is 0.412. The van der Waals surface area contributed by atoms with Crippen molar-refractivity contribution in [2.24, 2.45) is 11.1 Å². The van der Waals surface area contributed by atoms with Crippen LogP contribution in [-0.4, -0.2) is 17.7 Å². The van der Waals surface area contributed by atoms with E-state index in [2.05, 4.69) is 39.0 Å². The van der Waals surface area contributed by atoms with E-state index in [1.54, 1.807) is 0 Å². The van der Waals surface area contributed by atoms with E-state index < -0.39 is 6.09 Å². The molecule has 21 heavy (non-hydrogen) atoms. The van der Waals surface area contributed by atoms with Crippen LogP contribution in [0.1, 0.15) is 38.8 Å². The number of primary amides is 1. The van der Waals surface area contributed by atoms with Gasteiger partial charge in [-0.05, 0) is 24.0 Å². The minimum absolute atomic E-state index is 0.0243. The molecule has 1 heterocycles. The second-order valence-corrected chi connectivity index (χ2v) is 6.30. The molecule has 0 aliphatic rings. The van der Waals surface area contributed by atoms with Gasteiger partial charge in [0.05, 0.1) is 12.1 Å². The number of rotatable bonds is 4. The van der Waals surface area contributed by atoms with E-state index in [9.17, 15) is 4.79 Å². The highest BCUT2D eigenvalue weighted by molar-refractivity contribution is 5.78. The van der Waals surface area contributed by atoms with E-state index in [-0.39, 0.29) is 11.3 Å². The molecule has 2 rings (SSSR count). The Kier molecular flexibility index (Phi) is 4.46. The standard InChI is InChI=1S/C17H22N2O2/c1-17(2,3)13(10-11-21-16(18)20)15-9-8-12-6-4-5-7-14(12)19-15/h4-9,13H,10-11H2,1-3H3,(H2,18,20). The van der Waals surface area contributed by atoms with E-state index in [1.807, 2.05) is 18.2 Å². The third kappa shape index (κ3) is 3.94. The Morgan fingerprint density at radius 3 is 2.62 bits per heavy atom. The van der Waals surface area contributed by atoms with Crippen LogP contribution in [-0.2, 0) is 4.74 Å². The summed E-state index contributed by atoms with van der Waals surface area (Å²) >= 11 is 0. The molecule has 0 aliphatic carbocycles. The van der Waals surface area contributed by atoms with Crippen LogP contribution in [0.25, 0.3) is 10.9 Å². The second kappa shape index (κ2) is 6.12. The summed E-state index contributed by atoms with van der Waals surface area (Å²) in [5, 5.41) is 1.13. The zero-order valence-corrected chi connectivity index (χ0v) is 12.8. The topological polar surface area (TPSA) is 65.2 Å². The van der Waals surface area contributed by atoms with Crippen LogP contribution < -0.4 is 5.73 Å². The van der Waals surface area contributed by atoms with Crippen LogP contribution in [0.3, 0.4) is 0 Å². The Morgan fingerprint density at radius 2 is 1.95 bits per heavy atom. The fourth-order valence-corrected chi connectivity index (χ4v) is 2.58. The molecule has 0 fully saturated rings. The van der Waals surface area contributed by atoms with Crippen molar-refractivity contribution < 1.29 is 9.53 Å². The van der Waals surface area contributed by atoms with Crippen LogP contribution in [0.15, 0.2) is 36.4 Å². The highest BCUT2D eigenvalue weighted by Crippen LogP contribution is 2.37. The average molecular weight is 286 g/mol. The van der Waals surface area contributed by atoms with Crippen LogP contribution in [0, 0.1) is 5.41 Å². The molecule has 112 valence electrons. The van der Waals surface area contributed by atoms with Gasteiger partial charge < -0.3 is 10.5 Å². The van der Waals surface area contributed by atoms with Gasteiger partial charge in [-0.15, -0.1) is 0 Å². The largest absolute Gasteiger partial charge is 0.450 e. The lowest BCUT2D eigenvalue weighted by molar-refractivity contribution is 0.143. The van der Waals surface area contributed by atoms with Crippen molar-refractivity contribution in [3.8, 4) is 0 Å². The number of amides is 1. The number of pyridine rings is 1. The summed E-state index contributed by atoms with van der Waals surface area (Å²) in [7, 11) is 0. The third-order valence-corrected chi connectivity index (χ3v) is 3.67. The van der Waals surface area contributed by atoms with Crippen LogP contribution >= 0.6 is 0 Å². The highest BCUT2D eigenvalue weighted by Gasteiger charge is 2.27. The van der Waals surface area contributed by atoms with Gasteiger partial charge in [-0.2, -0.15) is 0 Å². The van der Waals surface area contributed by atoms with Crippen molar-refractivity contribution in [3.63, 3.8) is 0 Å². The number of fused-ring (bicyclic) bond motifs is 1. The van der Waals surface area contributed by atoms with Crippen molar-refractivity contribution in [1.82, 2.24) is 4.98 Å². The number of hydrogen-bond acceptors (Lipinski definition) is 3. The Morgan fingerprint density at radius 1 is 1.24 bits per heavy atom. The van der Waals surface area contributed by atoms with E-state index >= 15 is 0 Å². The molecule has 1 amide bonds. The molecule has 0 spiro atoms. The zero-order valence-electron chi connectivity index (χ0n) is 12.8. The predicted octanol–water partition coefficient (Wildman–Crippen LogP) is 3.85. The fourth-order valence-electron chi connectivity index (χ4n) is 2.58. The first-order chi connectivity index (χ1) is 9.88. The van der Waals surface area contributed by atoms with Gasteiger partial charge in [-0.1, -0.05) is 45.0 Å². The van der Waals surface area contributed by atoms with Crippen LogP contribution in [0.4, 0.5) is 4.79 Å². The minimum atomic E-state index is -0.728. The number of benzene rings is 1. The molecule has 1 unspecified atom stereocenters. The summed E-state index contributed by atoms with van der Waals surface area (Å²) in [4.78, 5) is 15.5. The lowest BCUT2D eigenvalue weighted by Gasteiger charge is -2.30. The number of hydrogen-bond donors (Lipinski definition) is 1. The van der Waals surface area contributed by atoms with Crippen LogP contribution in [0.2, 0.25) is 0 Å². The van der Waals surface area contributed by atoms with Crippen molar-refractivity contribution in [1.29, 1.82) is 0 Å². The Balaban J connectivity index is 2.27. The van der Waals surface area contributed by atoms with Gasteiger partial charge in [-0.25, -0.2) is 4.79 Å². The Labute approximate surface area is 125 Å². The monoisotopic (exact) mass is 286 g/mol. The van der Waals surface area contributed by atoms with Crippen molar-refractivity contribution in [2.45, 2.75) is 33.1 Å². The number of carbonyl (C=O) groups is 1. The lowest BCUT2D eigenvalue weighted by Crippen LogP contribution is -2.23. The SMILES string of the molecule is CC(C)(C)C(CCOC(N)=O)c1ccc2ccccc2n1. The summed E-state index contributed by atoms with van der Waals surface area (Å²) in [5.41, 5.74) is 7.06. The molecule has 0 saturated heterocycles. The van der Waals surface area contributed by atoms with Crippen molar-refractivity contribution >= 4 is 17.0 Å². The quantitative estimate of drug-likeness (QED) is 0.928. The zero-order chi connectivity index (χ0) is 15.5. The number of nitrogens with zero attached hydrogens (tertiary/aromatic N) is 1. The lowest BCUT2D eigenvalue weighted by atomic mass is 9.76. The number of carbonyl (C=O) groups excluding carboxylic acids is 1. The van der Waals surface area contributed by atoms with Gasteiger partial charge in [0, 0.05) is 17.0 Å². The second-order valence-electron chi connectivity index (χ2n) is 6.30. The molecule has 0 aliphatic heterocycles. The van der Waals surface area contributed by atoms with E-state index in [4.69, 9.17) is 15.5 Å². The summed E-state index contributed by atoms with van der Waals surface area (Å²) in [6.45, 7) is 6.81. The van der Waals surface area contributed by atoms with Crippen molar-refractivity contribution in [2.75, 3.05) is 6.61 Å². The van der Waals surface area contributed by atoms with E-state index in [0.29, 0.717) is 13.0 Å². The molecule has 2 N–H and O–H groups in total. The number of aromatic nitrogens is 1. The molecule has 4 heteroatoms. The molecule has 1 atom stereocenters. The Bertz CT molecular complexity index is 632. The first-order valence-electron chi connectivity index (χ1n) is 7.16. The first kappa shape index (κ1) is 15.3. The summed E-state index contributed by atoms with van der Waals surface area (Å²) in [6.07, 6.45) is -0.0215. The van der Waals surface area contributed by atoms with Gasteiger partial charge in [0.1, 0.15) is 0 Å². The highest BCUT2D eigenvalue weighted by atomic mass is 16.5. The number of ether oxygens (including phenoxy) is 1. The van der Waals surface area contributed by atoms with Crippen molar-refractivity contribution in [3.05, 3.63) is 42.1 Å². The normalized spacial score (nSPS) is 13.1. The number of nitrogens with two attached hydrogens (primary N) is 1. The molecule has 0 bridgehead atoms. The molecule has 0 saturated carbocycles. The molecule has 1 aromatic carbocycles. The average Bonchev–Trinajstić information content (AvgIpc) is 2.41. The number of para-hydroxylation sites is 1. The molecular weight excluding hydrogens is 264 g/mol. The predicted molar refractivity (Wildman–Crippen MR) is 84.1 cm³/mol. The van der Waals surface area contributed by atoms with E-state index in [1.165, 1.54) is 0 Å². The first-order valence-corrected chi connectivity index (χ1v) is 7.16.